The first kappa shape index (κ1) is 40.0. The highest BCUT2D eigenvalue weighted by atomic mass is 32.2. The van der Waals surface area contributed by atoms with E-state index in [1.165, 1.54) is 55.1 Å². The van der Waals surface area contributed by atoms with Crippen LogP contribution in [-0.2, 0) is 33.4 Å². The number of amides is 2. The van der Waals surface area contributed by atoms with Crippen LogP contribution in [0.15, 0.2) is 99.3 Å². The third kappa shape index (κ3) is 10.4. The fraction of sp³-hybridized carbons (Fsp3) is 0.294. The normalized spacial score (nSPS) is 17.6. The molecule has 5 rings (SSSR count). The molecule has 0 radical (unpaired) electrons. The lowest BCUT2D eigenvalue weighted by molar-refractivity contribution is -0.138. The highest BCUT2D eigenvalue weighted by Crippen LogP contribution is 2.39. The molecular weight excluding hydrogens is 739 g/mol. The van der Waals surface area contributed by atoms with Crippen LogP contribution in [0.2, 0.25) is 0 Å². The van der Waals surface area contributed by atoms with Crippen molar-refractivity contribution in [2.75, 3.05) is 29.9 Å². The number of nitrogens with one attached hydrogen (secondary N) is 2. The second kappa shape index (κ2) is 16.7. The van der Waals surface area contributed by atoms with Crippen molar-refractivity contribution in [1.82, 2.24) is 5.32 Å². The molecule has 2 amide bonds. The van der Waals surface area contributed by atoms with Crippen molar-refractivity contribution >= 4 is 50.9 Å². The van der Waals surface area contributed by atoms with Gasteiger partial charge in [-0.05, 0) is 78.7 Å². The molecule has 3 aromatic rings. The zero-order valence-corrected chi connectivity index (χ0v) is 29.4. The lowest BCUT2D eigenvalue weighted by Crippen LogP contribution is -2.37. The van der Waals surface area contributed by atoms with Crippen LogP contribution < -0.4 is 22.1 Å². The SMILES string of the molecule is CC(=O)NC1=CC2C(C=C1)Cc1ccc(NC(=O)c3cc(C(F)(F)F)ccc3SCCN)cc1S2(=O)=O.NCCSc1ccc(C(F)(F)F)cc1. The van der Waals surface area contributed by atoms with Gasteiger partial charge in [-0.25, -0.2) is 8.42 Å². The minimum absolute atomic E-state index is 0.0297. The summed E-state index contributed by atoms with van der Waals surface area (Å²) in [5.41, 5.74) is 10.1. The number of carbonyl (C=O) groups excluding carboxylic acids is 2. The first-order valence-electron chi connectivity index (χ1n) is 15.3. The number of sulfone groups is 1. The van der Waals surface area contributed by atoms with Gasteiger partial charge in [-0.15, -0.1) is 23.5 Å². The molecule has 0 fully saturated rings. The number of anilines is 1. The second-order valence-corrected chi connectivity index (χ2v) is 15.7. The summed E-state index contributed by atoms with van der Waals surface area (Å²) in [6.45, 7) is 2.11. The largest absolute Gasteiger partial charge is 0.416 e. The molecule has 8 nitrogen and oxygen atoms in total. The predicted octanol–water partition coefficient (Wildman–Crippen LogP) is 6.67. The minimum Gasteiger partial charge on any atom is -0.330 e. The Morgan fingerprint density at radius 1 is 0.843 bits per heavy atom. The Morgan fingerprint density at radius 2 is 1.47 bits per heavy atom. The molecule has 51 heavy (non-hydrogen) atoms. The number of fused-ring (bicyclic) bond motifs is 2. The average molecular weight is 773 g/mol. The molecule has 17 heteroatoms. The average Bonchev–Trinajstić information content (AvgIpc) is 3.06. The lowest BCUT2D eigenvalue weighted by atomic mass is 9.91. The highest BCUT2D eigenvalue weighted by molar-refractivity contribution is 7.99. The number of carbonyl (C=O) groups is 2. The zero-order chi connectivity index (χ0) is 37.6. The Bertz CT molecular complexity index is 1910. The van der Waals surface area contributed by atoms with Crippen LogP contribution in [0.25, 0.3) is 0 Å². The van der Waals surface area contributed by atoms with Crippen LogP contribution in [0.1, 0.15) is 34.0 Å². The summed E-state index contributed by atoms with van der Waals surface area (Å²) in [4.78, 5) is 25.6. The summed E-state index contributed by atoms with van der Waals surface area (Å²) in [7, 11) is -3.88. The maximum Gasteiger partial charge on any atom is 0.416 e. The van der Waals surface area contributed by atoms with E-state index >= 15 is 0 Å². The zero-order valence-electron chi connectivity index (χ0n) is 27.0. The van der Waals surface area contributed by atoms with Crippen LogP contribution in [0.5, 0.6) is 0 Å². The van der Waals surface area contributed by atoms with E-state index in [0.717, 1.165) is 40.9 Å². The third-order valence-electron chi connectivity index (χ3n) is 7.55. The summed E-state index contributed by atoms with van der Waals surface area (Å²) in [6, 6.07) is 12.4. The van der Waals surface area contributed by atoms with E-state index in [9.17, 15) is 44.3 Å². The molecule has 0 aromatic heterocycles. The molecule has 6 N–H and O–H groups in total. The first-order chi connectivity index (χ1) is 23.9. The van der Waals surface area contributed by atoms with Crippen molar-refractivity contribution < 1.29 is 44.3 Å². The fourth-order valence-corrected chi connectivity index (χ4v) is 8.81. The highest BCUT2D eigenvalue weighted by Gasteiger charge is 2.40. The van der Waals surface area contributed by atoms with Crippen molar-refractivity contribution in [2.45, 2.75) is 45.6 Å². The quantitative estimate of drug-likeness (QED) is 0.140. The summed E-state index contributed by atoms with van der Waals surface area (Å²) < 4.78 is 103. The van der Waals surface area contributed by atoms with Crippen LogP contribution in [-0.4, -0.2) is 50.1 Å². The molecular formula is C34H34F6N4O4S3. The first-order valence-corrected chi connectivity index (χ1v) is 18.9. The summed E-state index contributed by atoms with van der Waals surface area (Å²) >= 11 is 2.60. The number of thioether (sulfide) groups is 2. The number of halogens is 6. The van der Waals surface area contributed by atoms with Crippen molar-refractivity contribution in [2.24, 2.45) is 17.4 Å². The topological polar surface area (TPSA) is 144 Å². The molecule has 0 bridgehead atoms. The van der Waals surface area contributed by atoms with E-state index in [0.29, 0.717) is 40.6 Å². The number of nitrogens with two attached hydrogens (primary N) is 2. The summed E-state index contributed by atoms with van der Waals surface area (Å²) in [6.07, 6.45) is -3.54. The van der Waals surface area contributed by atoms with E-state index in [1.54, 1.807) is 18.2 Å². The van der Waals surface area contributed by atoms with Gasteiger partial charge in [0.1, 0.15) is 0 Å². The van der Waals surface area contributed by atoms with Crippen LogP contribution in [0, 0.1) is 5.92 Å². The van der Waals surface area contributed by atoms with Gasteiger partial charge in [0.25, 0.3) is 5.91 Å². The number of allylic oxidation sites excluding steroid dienone is 2. The maximum atomic E-state index is 13.5. The van der Waals surface area contributed by atoms with Gasteiger partial charge >= 0.3 is 12.4 Å². The van der Waals surface area contributed by atoms with Crippen LogP contribution >= 0.6 is 23.5 Å². The maximum absolute atomic E-state index is 13.5. The second-order valence-electron chi connectivity index (χ2n) is 11.3. The molecule has 1 aliphatic heterocycles. The summed E-state index contributed by atoms with van der Waals surface area (Å²) in [5.74, 6) is -0.335. The number of hydrogen-bond acceptors (Lipinski definition) is 8. The van der Waals surface area contributed by atoms with Crippen LogP contribution in [0.4, 0.5) is 32.0 Å². The molecule has 2 aliphatic rings. The van der Waals surface area contributed by atoms with Gasteiger partial charge in [0.15, 0.2) is 9.84 Å². The minimum atomic E-state index is -4.64. The van der Waals surface area contributed by atoms with E-state index < -0.39 is 44.5 Å². The van der Waals surface area contributed by atoms with Gasteiger partial charge in [0.2, 0.25) is 5.91 Å². The number of benzene rings is 3. The molecule has 0 saturated carbocycles. The Kier molecular flexibility index (Phi) is 13.1. The predicted molar refractivity (Wildman–Crippen MR) is 186 cm³/mol. The number of alkyl halides is 6. The van der Waals surface area contributed by atoms with E-state index in [-0.39, 0.29) is 34.5 Å². The van der Waals surface area contributed by atoms with Crippen molar-refractivity contribution in [3.63, 3.8) is 0 Å². The number of hydrogen-bond donors (Lipinski definition) is 4. The van der Waals surface area contributed by atoms with Gasteiger partial charge in [-0.3, -0.25) is 9.59 Å². The van der Waals surface area contributed by atoms with Crippen molar-refractivity contribution in [3.8, 4) is 0 Å². The lowest BCUT2D eigenvalue weighted by Gasteiger charge is -2.32. The smallest absolute Gasteiger partial charge is 0.330 e. The van der Waals surface area contributed by atoms with Gasteiger partial charge in [0.05, 0.1) is 26.8 Å². The Labute approximate surface area is 299 Å². The van der Waals surface area contributed by atoms with Crippen molar-refractivity contribution in [3.05, 3.63) is 107 Å². The molecule has 3 aromatic carbocycles. The molecule has 0 saturated heterocycles. The monoisotopic (exact) mass is 772 g/mol. The molecule has 274 valence electrons. The van der Waals surface area contributed by atoms with Gasteiger partial charge < -0.3 is 22.1 Å². The molecule has 2 unspecified atom stereocenters. The third-order valence-corrected chi connectivity index (χ3v) is 11.9. The summed E-state index contributed by atoms with van der Waals surface area (Å²) in [5, 5.41) is 4.24. The Hall–Kier alpha value is -3.77. The molecule has 0 spiro atoms. The molecule has 2 atom stereocenters. The Morgan fingerprint density at radius 3 is 2.08 bits per heavy atom. The van der Waals surface area contributed by atoms with E-state index in [1.807, 2.05) is 0 Å². The number of rotatable bonds is 9. The van der Waals surface area contributed by atoms with Gasteiger partial charge in [-0.2, -0.15) is 26.3 Å². The molecule has 1 aliphatic carbocycles. The van der Waals surface area contributed by atoms with Crippen molar-refractivity contribution in [1.29, 1.82) is 0 Å². The van der Waals surface area contributed by atoms with Crippen LogP contribution in [0.3, 0.4) is 0 Å². The Balaban J connectivity index is 0.000000349. The fourth-order valence-electron chi connectivity index (χ4n) is 5.24. The van der Waals surface area contributed by atoms with Gasteiger partial charge in [0, 0.05) is 58.6 Å². The van der Waals surface area contributed by atoms with E-state index in [4.69, 9.17) is 11.5 Å². The van der Waals surface area contributed by atoms with E-state index in [2.05, 4.69) is 10.6 Å². The van der Waals surface area contributed by atoms with Gasteiger partial charge in [-0.1, -0.05) is 12.1 Å². The standard InChI is InChI=1S/C25H24F3N3O4S2.C9H10F3NS/c1-14(32)30-18-5-2-15-10-16-3-6-19(13-23(16)37(34,35)22(15)12-18)31-24(33)20-11-17(25(26,27)28)4-7-21(20)36-9-8-29;10-9(11,12)7-1-3-8(4-2-7)14-6-5-13/h2-7,11-13,15,22H,8-10,29H2,1H3,(H,30,32)(H,31,33);1-4H,5-6,13H2. The molecule has 1 heterocycles.